The number of carboxylic acid groups (broad SMARTS) is 1. The highest BCUT2D eigenvalue weighted by atomic mass is 16.4. The standard InChI is InChI=1S/C15H20O2/c1-14(2,3)10-5-7-11(8-6-10)15(4)9-12(15)13(16)17/h5-8,12H,9H2,1-4H3,(H,16,17)/t12-,15-/m0/s1. The number of carboxylic acids is 1. The van der Waals surface area contributed by atoms with Gasteiger partial charge in [-0.2, -0.15) is 0 Å². The fourth-order valence-corrected chi connectivity index (χ4v) is 2.39. The maximum absolute atomic E-state index is 11.0. The van der Waals surface area contributed by atoms with Crippen LogP contribution in [-0.2, 0) is 15.6 Å². The molecule has 0 aromatic heterocycles. The Morgan fingerprint density at radius 2 is 1.82 bits per heavy atom. The summed E-state index contributed by atoms with van der Waals surface area (Å²) in [6, 6.07) is 8.42. The highest BCUT2D eigenvalue weighted by Crippen LogP contribution is 2.54. The molecule has 1 aromatic carbocycles. The van der Waals surface area contributed by atoms with Gasteiger partial charge in [-0.3, -0.25) is 4.79 Å². The van der Waals surface area contributed by atoms with Crippen molar-refractivity contribution in [3.63, 3.8) is 0 Å². The maximum atomic E-state index is 11.0. The largest absolute Gasteiger partial charge is 0.481 e. The van der Waals surface area contributed by atoms with Crippen molar-refractivity contribution in [1.82, 2.24) is 0 Å². The van der Waals surface area contributed by atoms with Crippen LogP contribution in [0.25, 0.3) is 0 Å². The Kier molecular flexibility index (Phi) is 2.57. The van der Waals surface area contributed by atoms with Crippen molar-refractivity contribution in [2.45, 2.75) is 44.9 Å². The van der Waals surface area contributed by atoms with Gasteiger partial charge in [0.25, 0.3) is 0 Å². The lowest BCUT2D eigenvalue weighted by atomic mass is 9.85. The van der Waals surface area contributed by atoms with Gasteiger partial charge in [-0.05, 0) is 23.0 Å². The number of rotatable bonds is 2. The van der Waals surface area contributed by atoms with Gasteiger partial charge in [0.2, 0.25) is 0 Å². The van der Waals surface area contributed by atoms with E-state index in [1.54, 1.807) is 0 Å². The number of aliphatic carboxylic acids is 1. The molecule has 0 amide bonds. The first-order valence-electron chi connectivity index (χ1n) is 6.09. The molecule has 92 valence electrons. The third kappa shape index (κ3) is 2.08. The molecule has 17 heavy (non-hydrogen) atoms. The molecule has 0 bridgehead atoms. The molecule has 0 spiro atoms. The second-order valence-electron chi connectivity index (χ2n) is 6.34. The van der Waals surface area contributed by atoms with Crippen LogP contribution in [0, 0.1) is 5.92 Å². The van der Waals surface area contributed by atoms with Crippen molar-refractivity contribution in [1.29, 1.82) is 0 Å². The Labute approximate surface area is 103 Å². The highest BCUT2D eigenvalue weighted by Gasteiger charge is 2.55. The number of hydrogen-bond acceptors (Lipinski definition) is 1. The summed E-state index contributed by atoms with van der Waals surface area (Å²) in [6.45, 7) is 8.58. The SMILES string of the molecule is CC(C)(C)c1ccc([C@]2(C)C[C@H]2C(=O)O)cc1. The first kappa shape index (κ1) is 12.2. The van der Waals surface area contributed by atoms with E-state index in [9.17, 15) is 4.79 Å². The van der Waals surface area contributed by atoms with E-state index in [-0.39, 0.29) is 16.7 Å². The van der Waals surface area contributed by atoms with Crippen LogP contribution in [0.4, 0.5) is 0 Å². The van der Waals surface area contributed by atoms with Crippen LogP contribution >= 0.6 is 0 Å². The lowest BCUT2D eigenvalue weighted by Gasteiger charge is -2.20. The van der Waals surface area contributed by atoms with E-state index in [0.29, 0.717) is 0 Å². The zero-order chi connectivity index (χ0) is 12.8. The van der Waals surface area contributed by atoms with Crippen LogP contribution in [0.5, 0.6) is 0 Å². The average Bonchev–Trinajstić information content (AvgIpc) is 2.92. The smallest absolute Gasteiger partial charge is 0.307 e. The number of benzene rings is 1. The van der Waals surface area contributed by atoms with Crippen molar-refractivity contribution in [2.24, 2.45) is 5.92 Å². The van der Waals surface area contributed by atoms with Gasteiger partial charge in [0.1, 0.15) is 0 Å². The lowest BCUT2D eigenvalue weighted by molar-refractivity contribution is -0.138. The summed E-state index contributed by atoms with van der Waals surface area (Å²) in [5.74, 6) is -0.879. The van der Waals surface area contributed by atoms with Crippen LogP contribution in [0.1, 0.15) is 45.2 Å². The van der Waals surface area contributed by atoms with E-state index in [0.717, 1.165) is 12.0 Å². The predicted molar refractivity (Wildman–Crippen MR) is 68.2 cm³/mol. The first-order chi connectivity index (χ1) is 7.75. The molecular weight excluding hydrogens is 212 g/mol. The predicted octanol–water partition coefficient (Wildman–Crippen LogP) is 3.35. The fraction of sp³-hybridized carbons (Fsp3) is 0.533. The summed E-state index contributed by atoms with van der Waals surface area (Å²) in [5, 5.41) is 9.03. The molecule has 1 fully saturated rings. The molecular formula is C15H20O2. The average molecular weight is 232 g/mol. The Bertz CT molecular complexity index is 439. The van der Waals surface area contributed by atoms with Gasteiger partial charge in [0.05, 0.1) is 5.92 Å². The fourth-order valence-electron chi connectivity index (χ4n) is 2.39. The zero-order valence-electron chi connectivity index (χ0n) is 10.9. The molecule has 0 saturated heterocycles. The molecule has 0 unspecified atom stereocenters. The van der Waals surface area contributed by atoms with Gasteiger partial charge < -0.3 is 5.11 Å². The van der Waals surface area contributed by atoms with Crippen molar-refractivity contribution >= 4 is 5.97 Å². The molecule has 1 saturated carbocycles. The molecule has 2 nitrogen and oxygen atoms in total. The van der Waals surface area contributed by atoms with Crippen molar-refractivity contribution in [2.75, 3.05) is 0 Å². The Hall–Kier alpha value is -1.31. The molecule has 0 heterocycles. The molecule has 0 aliphatic heterocycles. The summed E-state index contributed by atoms with van der Waals surface area (Å²) < 4.78 is 0. The minimum atomic E-state index is -0.674. The molecule has 2 rings (SSSR count). The third-order valence-electron chi connectivity index (χ3n) is 3.95. The van der Waals surface area contributed by atoms with Crippen LogP contribution in [-0.4, -0.2) is 11.1 Å². The van der Waals surface area contributed by atoms with Crippen molar-refractivity contribution in [3.05, 3.63) is 35.4 Å². The second-order valence-corrected chi connectivity index (χ2v) is 6.34. The van der Waals surface area contributed by atoms with Crippen LogP contribution in [0.3, 0.4) is 0 Å². The van der Waals surface area contributed by atoms with E-state index in [1.165, 1.54) is 5.56 Å². The van der Waals surface area contributed by atoms with E-state index in [2.05, 4.69) is 45.0 Å². The van der Waals surface area contributed by atoms with Gasteiger partial charge in [0.15, 0.2) is 0 Å². The number of hydrogen-bond donors (Lipinski definition) is 1. The van der Waals surface area contributed by atoms with Gasteiger partial charge >= 0.3 is 5.97 Å². The molecule has 1 N–H and O–H groups in total. The second kappa shape index (κ2) is 3.59. The van der Waals surface area contributed by atoms with E-state index >= 15 is 0 Å². The molecule has 1 aliphatic carbocycles. The minimum absolute atomic E-state index is 0.148. The van der Waals surface area contributed by atoms with Crippen molar-refractivity contribution < 1.29 is 9.90 Å². The van der Waals surface area contributed by atoms with Gasteiger partial charge in [-0.25, -0.2) is 0 Å². The summed E-state index contributed by atoms with van der Waals surface area (Å²) >= 11 is 0. The molecule has 2 atom stereocenters. The van der Waals surface area contributed by atoms with Crippen molar-refractivity contribution in [3.8, 4) is 0 Å². The van der Waals surface area contributed by atoms with Gasteiger partial charge in [-0.1, -0.05) is 52.0 Å². The summed E-state index contributed by atoms with van der Waals surface area (Å²) in [5.41, 5.74) is 2.44. The monoisotopic (exact) mass is 232 g/mol. The molecule has 2 heteroatoms. The van der Waals surface area contributed by atoms with Crippen LogP contribution in [0.15, 0.2) is 24.3 Å². The summed E-state index contributed by atoms with van der Waals surface area (Å²) in [6.07, 6.45) is 0.761. The third-order valence-corrected chi connectivity index (χ3v) is 3.95. The lowest BCUT2D eigenvalue weighted by Crippen LogP contribution is -2.13. The van der Waals surface area contributed by atoms with Gasteiger partial charge in [-0.15, -0.1) is 0 Å². The van der Waals surface area contributed by atoms with Crippen LogP contribution < -0.4 is 0 Å². The molecule has 1 aliphatic rings. The van der Waals surface area contributed by atoms with E-state index < -0.39 is 5.97 Å². The number of carbonyl (C=O) groups is 1. The molecule has 0 radical (unpaired) electrons. The van der Waals surface area contributed by atoms with E-state index in [4.69, 9.17) is 5.11 Å². The topological polar surface area (TPSA) is 37.3 Å². The summed E-state index contributed by atoms with van der Waals surface area (Å²) in [4.78, 5) is 11.0. The van der Waals surface area contributed by atoms with E-state index in [1.807, 2.05) is 6.92 Å². The van der Waals surface area contributed by atoms with Gasteiger partial charge in [0, 0.05) is 5.41 Å². The Morgan fingerprint density at radius 1 is 1.29 bits per heavy atom. The maximum Gasteiger partial charge on any atom is 0.307 e. The minimum Gasteiger partial charge on any atom is -0.481 e. The Balaban J connectivity index is 2.23. The molecule has 1 aromatic rings. The Morgan fingerprint density at radius 3 is 2.18 bits per heavy atom. The normalized spacial score (nSPS) is 27.9. The quantitative estimate of drug-likeness (QED) is 0.849. The van der Waals surface area contributed by atoms with Crippen LogP contribution in [0.2, 0.25) is 0 Å². The zero-order valence-corrected chi connectivity index (χ0v) is 10.9. The summed E-state index contributed by atoms with van der Waals surface area (Å²) in [7, 11) is 0. The first-order valence-corrected chi connectivity index (χ1v) is 6.09. The highest BCUT2D eigenvalue weighted by molar-refractivity contribution is 5.77.